The van der Waals surface area contributed by atoms with Crippen molar-refractivity contribution in [3.63, 3.8) is 0 Å². The first kappa shape index (κ1) is 26.2. The third-order valence-corrected chi connectivity index (χ3v) is 7.29. The average Bonchev–Trinajstić information content (AvgIpc) is 2.96. The Bertz CT molecular complexity index is 1690. The minimum Gasteiger partial charge on any atom is -0.497 e. The second kappa shape index (κ2) is 11.5. The van der Waals surface area contributed by atoms with Gasteiger partial charge in [0.1, 0.15) is 11.6 Å². The molecule has 0 fully saturated rings. The summed E-state index contributed by atoms with van der Waals surface area (Å²) in [6.45, 7) is 0.457. The summed E-state index contributed by atoms with van der Waals surface area (Å²) in [4.78, 5) is 33.4. The Morgan fingerprint density at radius 2 is 1.69 bits per heavy atom. The van der Waals surface area contributed by atoms with Gasteiger partial charge in [-0.1, -0.05) is 54.2 Å². The van der Waals surface area contributed by atoms with E-state index in [1.165, 1.54) is 28.5 Å². The molecule has 0 saturated heterocycles. The van der Waals surface area contributed by atoms with E-state index in [2.05, 4.69) is 0 Å². The van der Waals surface area contributed by atoms with E-state index in [4.69, 9.17) is 9.72 Å². The highest BCUT2D eigenvalue weighted by Gasteiger charge is 2.18. The number of carbonyl (C=O) groups is 1. The van der Waals surface area contributed by atoms with Gasteiger partial charge in [0.25, 0.3) is 11.5 Å². The van der Waals surface area contributed by atoms with Gasteiger partial charge in [0.15, 0.2) is 5.16 Å². The SMILES string of the molecule is COc1ccc(-n2c(SCc3cccc(F)c3)nc3cc(C(=O)N(C)Cc4ccccc4)ccc3c2=O)cc1. The van der Waals surface area contributed by atoms with Crippen LogP contribution < -0.4 is 10.3 Å². The summed E-state index contributed by atoms with van der Waals surface area (Å²) in [5.41, 5.74) is 3.01. The Morgan fingerprint density at radius 3 is 2.41 bits per heavy atom. The molecule has 0 bridgehead atoms. The molecule has 0 aliphatic heterocycles. The highest BCUT2D eigenvalue weighted by Crippen LogP contribution is 2.26. The minimum absolute atomic E-state index is 0.171. The van der Waals surface area contributed by atoms with Crippen LogP contribution in [0.15, 0.2) is 107 Å². The van der Waals surface area contributed by atoms with Gasteiger partial charge in [-0.25, -0.2) is 9.37 Å². The topological polar surface area (TPSA) is 64.4 Å². The molecule has 39 heavy (non-hydrogen) atoms. The number of hydrogen-bond donors (Lipinski definition) is 0. The zero-order valence-electron chi connectivity index (χ0n) is 21.5. The largest absolute Gasteiger partial charge is 0.497 e. The van der Waals surface area contributed by atoms with Crippen LogP contribution in [0.1, 0.15) is 21.5 Å². The van der Waals surface area contributed by atoms with Crippen molar-refractivity contribution in [2.45, 2.75) is 17.5 Å². The standard InChI is InChI=1S/C31H26FN3O3S/c1-34(19-21-7-4-3-5-8-21)29(36)23-11-16-27-28(18-23)33-31(39-20-22-9-6-10-24(32)17-22)35(30(27)37)25-12-14-26(38-2)15-13-25/h3-18H,19-20H2,1-2H3. The monoisotopic (exact) mass is 539 g/mol. The van der Waals surface area contributed by atoms with E-state index >= 15 is 0 Å². The quantitative estimate of drug-likeness (QED) is 0.176. The molecule has 8 heteroatoms. The average molecular weight is 540 g/mol. The molecule has 0 atom stereocenters. The number of rotatable bonds is 8. The lowest BCUT2D eigenvalue weighted by Gasteiger charge is -2.18. The summed E-state index contributed by atoms with van der Waals surface area (Å²) >= 11 is 1.32. The van der Waals surface area contributed by atoms with Crippen LogP contribution in [-0.4, -0.2) is 34.5 Å². The van der Waals surface area contributed by atoms with Gasteiger partial charge < -0.3 is 9.64 Å². The maximum Gasteiger partial charge on any atom is 0.266 e. The lowest BCUT2D eigenvalue weighted by Crippen LogP contribution is -2.26. The van der Waals surface area contributed by atoms with E-state index in [0.717, 1.165) is 11.1 Å². The fraction of sp³-hybridized carbons (Fsp3) is 0.129. The number of ether oxygens (including phenoxy) is 1. The third kappa shape index (κ3) is 5.86. The summed E-state index contributed by atoms with van der Waals surface area (Å²) in [6, 6.07) is 28.2. The van der Waals surface area contributed by atoms with Gasteiger partial charge in [-0.15, -0.1) is 0 Å². The molecule has 1 aromatic heterocycles. The number of nitrogens with zero attached hydrogens (tertiary/aromatic N) is 3. The van der Waals surface area contributed by atoms with Crippen LogP contribution in [0.3, 0.4) is 0 Å². The fourth-order valence-electron chi connectivity index (χ4n) is 4.28. The Balaban J connectivity index is 1.54. The van der Waals surface area contributed by atoms with Crippen molar-refractivity contribution in [2.24, 2.45) is 0 Å². The summed E-state index contributed by atoms with van der Waals surface area (Å²) < 4.78 is 20.6. The van der Waals surface area contributed by atoms with Crippen LogP contribution in [0.2, 0.25) is 0 Å². The van der Waals surface area contributed by atoms with Gasteiger partial charge in [-0.2, -0.15) is 0 Å². The van der Waals surface area contributed by atoms with Gasteiger partial charge >= 0.3 is 0 Å². The highest BCUT2D eigenvalue weighted by molar-refractivity contribution is 7.98. The molecule has 1 heterocycles. The lowest BCUT2D eigenvalue weighted by molar-refractivity contribution is 0.0785. The molecule has 0 aliphatic carbocycles. The number of carbonyl (C=O) groups excluding carboxylic acids is 1. The van der Waals surface area contributed by atoms with Crippen molar-refractivity contribution in [3.05, 3.63) is 130 Å². The molecule has 0 spiro atoms. The Kier molecular flexibility index (Phi) is 7.74. The number of halogens is 1. The summed E-state index contributed by atoms with van der Waals surface area (Å²) in [6.07, 6.45) is 0. The van der Waals surface area contributed by atoms with E-state index in [9.17, 15) is 14.0 Å². The Hall–Kier alpha value is -4.43. The molecule has 5 aromatic rings. The first-order chi connectivity index (χ1) is 18.9. The van der Waals surface area contributed by atoms with Crippen LogP contribution in [0.5, 0.6) is 5.75 Å². The molecule has 0 N–H and O–H groups in total. The number of amides is 1. The zero-order valence-corrected chi connectivity index (χ0v) is 22.3. The molecular formula is C31H26FN3O3S. The molecular weight excluding hydrogens is 513 g/mol. The number of hydrogen-bond acceptors (Lipinski definition) is 5. The summed E-state index contributed by atoms with van der Waals surface area (Å²) in [5.74, 6) is 0.577. The van der Waals surface area contributed by atoms with Crippen LogP contribution >= 0.6 is 11.8 Å². The van der Waals surface area contributed by atoms with E-state index in [1.54, 1.807) is 67.6 Å². The van der Waals surface area contributed by atoms with Gasteiger partial charge in [-0.3, -0.25) is 14.2 Å². The number of fused-ring (bicyclic) bond motifs is 1. The fourth-order valence-corrected chi connectivity index (χ4v) is 5.23. The minimum atomic E-state index is -0.324. The van der Waals surface area contributed by atoms with Gasteiger partial charge in [0.05, 0.1) is 23.7 Å². The summed E-state index contributed by atoms with van der Waals surface area (Å²) in [7, 11) is 3.32. The lowest BCUT2D eigenvalue weighted by atomic mass is 10.1. The third-order valence-electron chi connectivity index (χ3n) is 6.28. The second-order valence-corrected chi connectivity index (χ2v) is 9.97. The molecule has 5 rings (SSSR count). The van der Waals surface area contributed by atoms with Crippen LogP contribution in [-0.2, 0) is 12.3 Å². The molecule has 0 radical (unpaired) electrons. The zero-order chi connectivity index (χ0) is 27.4. The number of methoxy groups -OCH3 is 1. The van der Waals surface area contributed by atoms with Crippen LogP contribution in [0.25, 0.3) is 16.6 Å². The van der Waals surface area contributed by atoms with Gasteiger partial charge in [-0.05, 0) is 65.7 Å². The maximum atomic E-state index is 13.8. The Morgan fingerprint density at radius 1 is 0.949 bits per heavy atom. The predicted octanol–water partition coefficient (Wildman–Crippen LogP) is 6.10. The first-order valence-corrected chi connectivity index (χ1v) is 13.3. The smallest absolute Gasteiger partial charge is 0.266 e. The van der Waals surface area contributed by atoms with Gasteiger partial charge in [0, 0.05) is 24.9 Å². The van der Waals surface area contributed by atoms with E-state index in [0.29, 0.717) is 45.4 Å². The van der Waals surface area contributed by atoms with Crippen LogP contribution in [0, 0.1) is 5.82 Å². The molecule has 0 saturated carbocycles. The van der Waals surface area contributed by atoms with Crippen molar-refractivity contribution < 1.29 is 13.9 Å². The predicted molar refractivity (Wildman–Crippen MR) is 152 cm³/mol. The molecule has 0 aliphatic rings. The van der Waals surface area contributed by atoms with Crippen molar-refractivity contribution in [1.82, 2.24) is 14.5 Å². The van der Waals surface area contributed by atoms with Crippen molar-refractivity contribution >= 4 is 28.6 Å². The normalized spacial score (nSPS) is 10.9. The molecule has 0 unspecified atom stereocenters. The second-order valence-electron chi connectivity index (χ2n) is 9.03. The van der Waals surface area contributed by atoms with Crippen molar-refractivity contribution in [2.75, 3.05) is 14.2 Å². The first-order valence-electron chi connectivity index (χ1n) is 12.3. The molecule has 1 amide bonds. The van der Waals surface area contributed by atoms with E-state index < -0.39 is 0 Å². The maximum absolute atomic E-state index is 13.8. The summed E-state index contributed by atoms with van der Waals surface area (Å²) in [5, 5.41) is 0.826. The number of aromatic nitrogens is 2. The highest BCUT2D eigenvalue weighted by atomic mass is 32.2. The van der Waals surface area contributed by atoms with Crippen molar-refractivity contribution in [1.29, 1.82) is 0 Å². The van der Waals surface area contributed by atoms with E-state index in [-0.39, 0.29) is 17.3 Å². The molecule has 196 valence electrons. The van der Waals surface area contributed by atoms with E-state index in [1.807, 2.05) is 36.4 Å². The van der Waals surface area contributed by atoms with Crippen LogP contribution in [0.4, 0.5) is 4.39 Å². The van der Waals surface area contributed by atoms with Crippen molar-refractivity contribution in [3.8, 4) is 11.4 Å². The molecule has 4 aromatic carbocycles. The molecule has 6 nitrogen and oxygen atoms in total. The number of thioether (sulfide) groups is 1. The number of benzene rings is 4. The Labute approximate surface area is 229 Å². The van der Waals surface area contributed by atoms with Gasteiger partial charge in [0.2, 0.25) is 0 Å².